The molecule has 0 spiro atoms. The molecular weight excluding hydrogens is 364 g/mol. The zero-order chi connectivity index (χ0) is 20.1. The van der Waals surface area contributed by atoms with Gasteiger partial charge in [-0.3, -0.25) is 9.69 Å². The number of morpholine rings is 1. The SMILES string of the molecule is Cc1cccc(-n2nc(-c3ccccc3)cc2C(=O)NCCN2CCOCC2)c1. The third-order valence-electron chi connectivity index (χ3n) is 5.08. The molecule has 0 radical (unpaired) electrons. The Bertz CT molecular complexity index is 962. The molecule has 0 aliphatic carbocycles. The smallest absolute Gasteiger partial charge is 0.270 e. The summed E-state index contributed by atoms with van der Waals surface area (Å²) in [5.74, 6) is -0.116. The number of aryl methyl sites for hydroxylation is 1. The Morgan fingerprint density at radius 3 is 2.62 bits per heavy atom. The van der Waals surface area contributed by atoms with Crippen LogP contribution in [0.5, 0.6) is 0 Å². The Kier molecular flexibility index (Phi) is 6.03. The van der Waals surface area contributed by atoms with Crippen molar-refractivity contribution >= 4 is 5.91 Å². The van der Waals surface area contributed by atoms with Gasteiger partial charge >= 0.3 is 0 Å². The van der Waals surface area contributed by atoms with Crippen molar-refractivity contribution in [1.29, 1.82) is 0 Å². The van der Waals surface area contributed by atoms with E-state index in [1.807, 2.05) is 67.6 Å². The summed E-state index contributed by atoms with van der Waals surface area (Å²) in [6.07, 6.45) is 0. The zero-order valence-electron chi connectivity index (χ0n) is 16.7. The molecule has 0 saturated carbocycles. The molecule has 0 bridgehead atoms. The van der Waals surface area contributed by atoms with E-state index >= 15 is 0 Å². The molecule has 2 heterocycles. The van der Waals surface area contributed by atoms with E-state index in [4.69, 9.17) is 9.84 Å². The topological polar surface area (TPSA) is 59.4 Å². The van der Waals surface area contributed by atoms with Gasteiger partial charge < -0.3 is 10.1 Å². The summed E-state index contributed by atoms with van der Waals surface area (Å²) in [5.41, 5.74) is 4.31. The maximum absolute atomic E-state index is 13.0. The molecule has 3 aromatic rings. The summed E-state index contributed by atoms with van der Waals surface area (Å²) < 4.78 is 7.11. The minimum atomic E-state index is -0.116. The van der Waals surface area contributed by atoms with Crippen LogP contribution in [0.3, 0.4) is 0 Å². The van der Waals surface area contributed by atoms with Gasteiger partial charge in [0, 0.05) is 31.7 Å². The molecule has 150 valence electrons. The van der Waals surface area contributed by atoms with Crippen molar-refractivity contribution < 1.29 is 9.53 Å². The lowest BCUT2D eigenvalue weighted by atomic mass is 10.1. The van der Waals surface area contributed by atoms with Crippen LogP contribution in [0.1, 0.15) is 16.1 Å². The molecule has 1 N–H and O–H groups in total. The van der Waals surface area contributed by atoms with Gasteiger partial charge in [0.25, 0.3) is 5.91 Å². The monoisotopic (exact) mass is 390 g/mol. The van der Waals surface area contributed by atoms with Gasteiger partial charge in [-0.1, -0.05) is 42.5 Å². The molecule has 6 nitrogen and oxygen atoms in total. The fourth-order valence-corrected chi connectivity index (χ4v) is 3.49. The third kappa shape index (κ3) is 4.72. The lowest BCUT2D eigenvalue weighted by Crippen LogP contribution is -2.41. The van der Waals surface area contributed by atoms with Gasteiger partial charge in [-0.15, -0.1) is 0 Å². The normalized spacial score (nSPS) is 14.7. The number of carbonyl (C=O) groups excluding carboxylic acids is 1. The standard InChI is InChI=1S/C23H26N4O2/c1-18-6-5-9-20(16-18)27-22(17-21(25-27)19-7-3-2-4-8-19)23(28)24-10-11-26-12-14-29-15-13-26/h2-9,16-17H,10-15H2,1H3,(H,24,28). The Morgan fingerprint density at radius 2 is 1.86 bits per heavy atom. The van der Waals surface area contributed by atoms with Crippen molar-refractivity contribution in [3.63, 3.8) is 0 Å². The highest BCUT2D eigenvalue weighted by Crippen LogP contribution is 2.22. The second-order valence-corrected chi connectivity index (χ2v) is 7.24. The summed E-state index contributed by atoms with van der Waals surface area (Å²) in [6.45, 7) is 6.79. The van der Waals surface area contributed by atoms with Crippen LogP contribution in [0.2, 0.25) is 0 Å². The number of hydrogen-bond acceptors (Lipinski definition) is 4. The molecule has 1 aliphatic rings. The number of nitrogens with one attached hydrogen (secondary N) is 1. The van der Waals surface area contributed by atoms with Gasteiger partial charge in [0.2, 0.25) is 0 Å². The second kappa shape index (κ2) is 9.03. The van der Waals surface area contributed by atoms with Crippen molar-refractivity contribution in [3.8, 4) is 16.9 Å². The number of benzene rings is 2. The maximum atomic E-state index is 13.0. The van der Waals surface area contributed by atoms with E-state index in [2.05, 4.69) is 10.2 Å². The molecule has 2 aromatic carbocycles. The van der Waals surface area contributed by atoms with Crippen molar-refractivity contribution in [2.75, 3.05) is 39.4 Å². The largest absolute Gasteiger partial charge is 0.379 e. The van der Waals surface area contributed by atoms with Gasteiger partial charge in [0.15, 0.2) is 0 Å². The summed E-state index contributed by atoms with van der Waals surface area (Å²) in [6, 6.07) is 19.8. The maximum Gasteiger partial charge on any atom is 0.270 e. The summed E-state index contributed by atoms with van der Waals surface area (Å²) in [4.78, 5) is 15.3. The van der Waals surface area contributed by atoms with Crippen molar-refractivity contribution in [1.82, 2.24) is 20.0 Å². The molecule has 1 aliphatic heterocycles. The van der Waals surface area contributed by atoms with E-state index in [1.54, 1.807) is 4.68 Å². The highest BCUT2D eigenvalue weighted by atomic mass is 16.5. The Hall–Kier alpha value is -2.96. The summed E-state index contributed by atoms with van der Waals surface area (Å²) in [5, 5.41) is 7.79. The Morgan fingerprint density at radius 1 is 1.07 bits per heavy atom. The highest BCUT2D eigenvalue weighted by Gasteiger charge is 2.18. The highest BCUT2D eigenvalue weighted by molar-refractivity contribution is 5.94. The first kappa shape index (κ1) is 19.4. The molecule has 6 heteroatoms. The lowest BCUT2D eigenvalue weighted by molar-refractivity contribution is 0.0383. The minimum Gasteiger partial charge on any atom is -0.379 e. The van der Waals surface area contributed by atoms with E-state index in [-0.39, 0.29) is 5.91 Å². The molecule has 0 unspecified atom stereocenters. The fourth-order valence-electron chi connectivity index (χ4n) is 3.49. The summed E-state index contributed by atoms with van der Waals surface area (Å²) >= 11 is 0. The quantitative estimate of drug-likeness (QED) is 0.703. The van der Waals surface area contributed by atoms with E-state index in [0.29, 0.717) is 12.2 Å². The van der Waals surface area contributed by atoms with E-state index < -0.39 is 0 Å². The molecule has 1 saturated heterocycles. The minimum absolute atomic E-state index is 0.116. The average molecular weight is 390 g/mol. The van der Waals surface area contributed by atoms with Crippen LogP contribution in [0.4, 0.5) is 0 Å². The van der Waals surface area contributed by atoms with Crippen molar-refractivity contribution in [3.05, 3.63) is 71.9 Å². The van der Waals surface area contributed by atoms with Crippen LogP contribution in [-0.4, -0.2) is 60.0 Å². The number of ether oxygens (including phenoxy) is 1. The molecule has 1 aromatic heterocycles. The molecule has 1 fully saturated rings. The van der Waals surface area contributed by atoms with Crippen LogP contribution in [0.15, 0.2) is 60.7 Å². The first-order valence-electron chi connectivity index (χ1n) is 10.0. The first-order chi connectivity index (χ1) is 14.2. The number of aromatic nitrogens is 2. The predicted octanol–water partition coefficient (Wildman–Crippen LogP) is 2.91. The predicted molar refractivity (Wildman–Crippen MR) is 113 cm³/mol. The Labute approximate surface area is 171 Å². The van der Waals surface area contributed by atoms with Crippen LogP contribution >= 0.6 is 0 Å². The molecule has 0 atom stereocenters. The van der Waals surface area contributed by atoms with E-state index in [1.165, 1.54) is 0 Å². The van der Waals surface area contributed by atoms with Crippen LogP contribution < -0.4 is 5.32 Å². The van der Waals surface area contributed by atoms with Gasteiger partial charge in [0.1, 0.15) is 5.69 Å². The zero-order valence-corrected chi connectivity index (χ0v) is 16.7. The number of amides is 1. The molecule has 29 heavy (non-hydrogen) atoms. The van der Waals surface area contributed by atoms with Crippen molar-refractivity contribution in [2.45, 2.75) is 6.92 Å². The number of hydrogen-bond donors (Lipinski definition) is 1. The van der Waals surface area contributed by atoms with Crippen molar-refractivity contribution in [2.24, 2.45) is 0 Å². The van der Waals surface area contributed by atoms with Gasteiger partial charge in [0.05, 0.1) is 24.6 Å². The average Bonchev–Trinajstić information content (AvgIpc) is 3.21. The first-order valence-corrected chi connectivity index (χ1v) is 10.0. The lowest BCUT2D eigenvalue weighted by Gasteiger charge is -2.26. The second-order valence-electron chi connectivity index (χ2n) is 7.24. The Balaban J connectivity index is 1.56. The van der Waals surface area contributed by atoms with Crippen LogP contribution in [-0.2, 0) is 4.74 Å². The molecule has 4 rings (SSSR count). The van der Waals surface area contributed by atoms with Gasteiger partial charge in [-0.25, -0.2) is 4.68 Å². The summed E-state index contributed by atoms with van der Waals surface area (Å²) in [7, 11) is 0. The number of carbonyl (C=O) groups is 1. The van der Waals surface area contributed by atoms with E-state index in [9.17, 15) is 4.79 Å². The van der Waals surface area contributed by atoms with Gasteiger partial charge in [-0.05, 0) is 30.7 Å². The fraction of sp³-hybridized carbons (Fsp3) is 0.304. The number of nitrogens with zero attached hydrogens (tertiary/aromatic N) is 3. The third-order valence-corrected chi connectivity index (χ3v) is 5.08. The number of rotatable bonds is 6. The van der Waals surface area contributed by atoms with Gasteiger partial charge in [-0.2, -0.15) is 5.10 Å². The van der Waals surface area contributed by atoms with Crippen LogP contribution in [0, 0.1) is 6.92 Å². The molecular formula is C23H26N4O2. The van der Waals surface area contributed by atoms with E-state index in [0.717, 1.165) is 55.4 Å². The van der Waals surface area contributed by atoms with Crippen LogP contribution in [0.25, 0.3) is 16.9 Å². The molecule has 1 amide bonds.